The van der Waals surface area contributed by atoms with Crippen LogP contribution in [0.15, 0.2) is 42.7 Å². The first kappa shape index (κ1) is 9.84. The molecule has 0 saturated heterocycles. The number of aryl methyl sites for hydroxylation is 1. The summed E-state index contributed by atoms with van der Waals surface area (Å²) >= 11 is 0. The molecule has 0 atom stereocenters. The molecule has 0 N–H and O–H groups in total. The van der Waals surface area contributed by atoms with Crippen LogP contribution in [0.25, 0.3) is 11.4 Å². The van der Waals surface area contributed by atoms with Gasteiger partial charge < -0.3 is 0 Å². The minimum atomic E-state index is 0.931. The molecular weight excluding hydrogens is 184 g/mol. The Hall–Kier alpha value is -1.70. The summed E-state index contributed by atoms with van der Waals surface area (Å²) in [5.74, 6) is 0. The summed E-state index contributed by atoms with van der Waals surface area (Å²) in [6, 6.07) is 10.0. The van der Waals surface area contributed by atoms with Gasteiger partial charge in [-0.25, -0.2) is 0 Å². The lowest BCUT2D eigenvalue weighted by Crippen LogP contribution is -1.89. The van der Waals surface area contributed by atoms with E-state index in [0.717, 1.165) is 24.2 Å². The van der Waals surface area contributed by atoms with E-state index in [0.29, 0.717) is 0 Å². The molecule has 0 amide bonds. The maximum Gasteiger partial charge on any atom is 0.0886 e. The summed E-state index contributed by atoms with van der Waals surface area (Å²) in [5.41, 5.74) is 3.16. The fraction of sp³-hybridized carbons (Fsp3) is 0.231. The minimum Gasteiger partial charge on any atom is -0.255 e. The van der Waals surface area contributed by atoms with Crippen LogP contribution in [0.2, 0.25) is 0 Å². The molecule has 76 valence electrons. The Morgan fingerprint density at radius 3 is 2.47 bits per heavy atom. The first-order valence-corrected chi connectivity index (χ1v) is 5.26. The van der Waals surface area contributed by atoms with E-state index < -0.39 is 0 Å². The molecule has 0 radical (unpaired) electrons. The zero-order valence-corrected chi connectivity index (χ0v) is 8.85. The first-order chi connectivity index (χ1) is 7.40. The predicted octanol–water partition coefficient (Wildman–Crippen LogP) is 3.10. The maximum absolute atomic E-state index is 4.41. The minimum absolute atomic E-state index is 0.931. The second-order valence-electron chi connectivity index (χ2n) is 3.52. The highest BCUT2D eigenvalue weighted by molar-refractivity contribution is 5.53. The maximum atomic E-state index is 4.41. The van der Waals surface area contributed by atoms with Crippen LogP contribution >= 0.6 is 0 Å². The highest BCUT2D eigenvalue weighted by atomic mass is 14.8. The molecule has 2 heteroatoms. The zero-order chi connectivity index (χ0) is 10.5. The summed E-state index contributed by atoms with van der Waals surface area (Å²) in [7, 11) is 0. The fourth-order valence-corrected chi connectivity index (χ4v) is 1.53. The van der Waals surface area contributed by atoms with Crippen LogP contribution in [0.1, 0.15) is 18.9 Å². The van der Waals surface area contributed by atoms with Crippen molar-refractivity contribution in [1.82, 2.24) is 9.97 Å². The lowest BCUT2D eigenvalue weighted by molar-refractivity contribution is 0.914. The molecule has 2 aromatic rings. The van der Waals surface area contributed by atoms with Crippen molar-refractivity contribution >= 4 is 0 Å². The summed E-state index contributed by atoms with van der Waals surface area (Å²) in [6.45, 7) is 2.17. The van der Waals surface area contributed by atoms with Crippen LogP contribution in [0.5, 0.6) is 0 Å². The summed E-state index contributed by atoms with van der Waals surface area (Å²) < 4.78 is 0. The number of hydrogen-bond donors (Lipinski definition) is 0. The topological polar surface area (TPSA) is 25.8 Å². The molecule has 0 fully saturated rings. The van der Waals surface area contributed by atoms with Gasteiger partial charge in [0.25, 0.3) is 0 Å². The van der Waals surface area contributed by atoms with Gasteiger partial charge >= 0.3 is 0 Å². The molecule has 0 aliphatic carbocycles. The third kappa shape index (κ3) is 2.40. The van der Waals surface area contributed by atoms with E-state index in [-0.39, 0.29) is 0 Å². The van der Waals surface area contributed by atoms with Gasteiger partial charge in [0.05, 0.1) is 11.4 Å². The third-order valence-corrected chi connectivity index (χ3v) is 2.29. The van der Waals surface area contributed by atoms with Gasteiger partial charge in [0.15, 0.2) is 0 Å². The van der Waals surface area contributed by atoms with E-state index >= 15 is 0 Å². The lowest BCUT2D eigenvalue weighted by atomic mass is 10.1. The Labute approximate surface area is 90.0 Å². The number of pyridine rings is 2. The lowest BCUT2D eigenvalue weighted by Gasteiger charge is -2.01. The van der Waals surface area contributed by atoms with Crippen molar-refractivity contribution in [2.24, 2.45) is 0 Å². The van der Waals surface area contributed by atoms with Gasteiger partial charge in [-0.15, -0.1) is 0 Å². The van der Waals surface area contributed by atoms with Gasteiger partial charge in [0.2, 0.25) is 0 Å². The molecule has 2 heterocycles. The summed E-state index contributed by atoms with van der Waals surface area (Å²) in [5, 5.41) is 0. The Kier molecular flexibility index (Phi) is 3.08. The van der Waals surface area contributed by atoms with Crippen LogP contribution in [-0.2, 0) is 6.42 Å². The number of rotatable bonds is 3. The van der Waals surface area contributed by atoms with Gasteiger partial charge in [-0.3, -0.25) is 9.97 Å². The van der Waals surface area contributed by atoms with Gasteiger partial charge in [-0.2, -0.15) is 0 Å². The van der Waals surface area contributed by atoms with Crippen molar-refractivity contribution in [2.75, 3.05) is 0 Å². The van der Waals surface area contributed by atoms with Gasteiger partial charge in [-0.05, 0) is 30.2 Å². The first-order valence-electron chi connectivity index (χ1n) is 5.26. The van der Waals surface area contributed by atoms with Crippen molar-refractivity contribution in [3.05, 3.63) is 48.3 Å². The van der Waals surface area contributed by atoms with Crippen molar-refractivity contribution < 1.29 is 0 Å². The quantitative estimate of drug-likeness (QED) is 0.757. The SMILES string of the molecule is CCCc1ccc(-c2ccccn2)nc1. The van der Waals surface area contributed by atoms with Crippen molar-refractivity contribution in [3.63, 3.8) is 0 Å². The van der Waals surface area contributed by atoms with Crippen molar-refractivity contribution in [3.8, 4) is 11.4 Å². The monoisotopic (exact) mass is 198 g/mol. The molecule has 2 aromatic heterocycles. The Balaban J connectivity index is 2.24. The van der Waals surface area contributed by atoms with E-state index in [1.165, 1.54) is 5.56 Å². The van der Waals surface area contributed by atoms with Crippen LogP contribution in [-0.4, -0.2) is 9.97 Å². The molecule has 2 rings (SSSR count). The molecule has 0 aromatic carbocycles. The van der Waals surface area contributed by atoms with Crippen LogP contribution in [0.4, 0.5) is 0 Å². The van der Waals surface area contributed by atoms with E-state index in [9.17, 15) is 0 Å². The highest BCUT2D eigenvalue weighted by Gasteiger charge is 1.99. The second kappa shape index (κ2) is 4.69. The fourth-order valence-electron chi connectivity index (χ4n) is 1.53. The van der Waals surface area contributed by atoms with E-state index in [1.807, 2.05) is 30.5 Å². The van der Waals surface area contributed by atoms with Gasteiger partial charge in [0.1, 0.15) is 0 Å². The smallest absolute Gasteiger partial charge is 0.0886 e. The van der Waals surface area contributed by atoms with Crippen LogP contribution in [0, 0.1) is 0 Å². The summed E-state index contributed by atoms with van der Waals surface area (Å²) in [4.78, 5) is 8.67. The van der Waals surface area contributed by atoms with Crippen LogP contribution in [0.3, 0.4) is 0 Å². The standard InChI is InChI=1S/C13H14N2/c1-2-5-11-7-8-13(15-10-11)12-6-3-4-9-14-12/h3-4,6-10H,2,5H2,1H3. The molecular formula is C13H14N2. The Morgan fingerprint density at radius 2 is 1.87 bits per heavy atom. The van der Waals surface area contributed by atoms with Gasteiger partial charge in [-0.1, -0.05) is 25.5 Å². The van der Waals surface area contributed by atoms with Crippen LogP contribution < -0.4 is 0 Å². The molecule has 2 nitrogen and oxygen atoms in total. The molecule has 0 unspecified atom stereocenters. The average molecular weight is 198 g/mol. The predicted molar refractivity (Wildman–Crippen MR) is 61.5 cm³/mol. The van der Waals surface area contributed by atoms with E-state index in [4.69, 9.17) is 0 Å². The molecule has 15 heavy (non-hydrogen) atoms. The highest BCUT2D eigenvalue weighted by Crippen LogP contribution is 2.13. The van der Waals surface area contributed by atoms with Crippen molar-refractivity contribution in [2.45, 2.75) is 19.8 Å². The zero-order valence-electron chi connectivity index (χ0n) is 8.85. The summed E-state index contributed by atoms with van der Waals surface area (Å²) in [6.07, 6.45) is 5.98. The van der Waals surface area contributed by atoms with E-state index in [1.54, 1.807) is 6.20 Å². The molecule has 0 spiro atoms. The third-order valence-electron chi connectivity index (χ3n) is 2.29. The average Bonchev–Trinajstić information content (AvgIpc) is 2.32. The normalized spacial score (nSPS) is 10.2. The largest absolute Gasteiger partial charge is 0.255 e. The molecule has 0 saturated carbocycles. The van der Waals surface area contributed by atoms with Gasteiger partial charge in [0, 0.05) is 12.4 Å². The number of aromatic nitrogens is 2. The second-order valence-corrected chi connectivity index (χ2v) is 3.52. The Morgan fingerprint density at radius 1 is 1.00 bits per heavy atom. The van der Waals surface area contributed by atoms with Crippen molar-refractivity contribution in [1.29, 1.82) is 0 Å². The molecule has 0 aliphatic rings. The Bertz CT molecular complexity index is 406. The number of hydrogen-bond acceptors (Lipinski definition) is 2. The van der Waals surface area contributed by atoms with E-state index in [2.05, 4.69) is 23.0 Å². The number of nitrogens with zero attached hydrogens (tertiary/aromatic N) is 2. The molecule has 0 bridgehead atoms. The molecule has 0 aliphatic heterocycles.